The van der Waals surface area contributed by atoms with E-state index in [1.165, 1.54) is 5.56 Å². The van der Waals surface area contributed by atoms with Crippen molar-refractivity contribution in [1.82, 2.24) is 4.57 Å². The molecule has 0 saturated heterocycles. The summed E-state index contributed by atoms with van der Waals surface area (Å²) in [6, 6.07) is 14.5. The number of carbonyl (C=O) groups is 3. The summed E-state index contributed by atoms with van der Waals surface area (Å²) in [5.74, 6) is -0.181. The molecule has 172 valence electrons. The summed E-state index contributed by atoms with van der Waals surface area (Å²) in [5, 5.41) is 2.52. The number of nitrogens with zero attached hydrogens (tertiary/aromatic N) is 1. The molecule has 1 saturated carbocycles. The molecule has 1 aromatic heterocycles. The highest BCUT2D eigenvalue weighted by atomic mass is 35.5. The van der Waals surface area contributed by atoms with Gasteiger partial charge in [-0.05, 0) is 65.4 Å². The first-order valence-corrected chi connectivity index (χ1v) is 11.7. The summed E-state index contributed by atoms with van der Waals surface area (Å²) in [6.07, 6.45) is 3.97. The Hall–Kier alpha value is -3.29. The summed E-state index contributed by atoms with van der Waals surface area (Å²) in [7, 11) is 0. The van der Waals surface area contributed by atoms with Gasteiger partial charge in [0.1, 0.15) is 5.75 Å². The molecule has 3 aromatic carbocycles. The number of aromatic nitrogens is 1. The summed E-state index contributed by atoms with van der Waals surface area (Å²) in [5.41, 5.74) is 8.18. The van der Waals surface area contributed by atoms with Gasteiger partial charge >= 0.3 is 0 Å². The number of hydrogen-bond donors (Lipinski definition) is 2. The molecule has 34 heavy (non-hydrogen) atoms. The van der Waals surface area contributed by atoms with E-state index in [0.717, 1.165) is 34.5 Å². The van der Waals surface area contributed by atoms with Crippen molar-refractivity contribution in [2.24, 2.45) is 5.73 Å². The van der Waals surface area contributed by atoms with Crippen molar-refractivity contribution in [3.8, 4) is 5.75 Å². The number of carbonyl (C=O) groups excluding carboxylic acids is 3. The fraction of sp³-hybridized carbons (Fsp3) is 0.192. The molecule has 6 nitrogen and oxygen atoms in total. The quantitative estimate of drug-likeness (QED) is 0.263. The molecule has 5 rings (SSSR count). The second-order valence-corrected chi connectivity index (χ2v) is 9.47. The van der Waals surface area contributed by atoms with Crippen LogP contribution in [0.5, 0.6) is 5.75 Å². The zero-order valence-electron chi connectivity index (χ0n) is 18.1. The van der Waals surface area contributed by atoms with Crippen molar-refractivity contribution >= 4 is 62.7 Å². The third-order valence-corrected chi connectivity index (χ3v) is 6.46. The van der Waals surface area contributed by atoms with Crippen LogP contribution in [0.1, 0.15) is 45.0 Å². The van der Waals surface area contributed by atoms with E-state index < -0.39 is 5.91 Å². The number of hydrogen-bond acceptors (Lipinski definition) is 4. The standard InChI is InChI=1S/C26H21ClN2O4S/c27-18-5-3-16-10-24(20(26(28)32)8-17(16)7-18)33-13-23(30)21-11-29(12-25(31)34)22-9-15(14-1-2-14)4-6-19(21)22/h3-11,14H,1-2,12-13H2,(H2,28,32)(H,31,34). The van der Waals surface area contributed by atoms with Gasteiger partial charge in [-0.1, -0.05) is 29.8 Å². The van der Waals surface area contributed by atoms with Gasteiger partial charge in [-0.3, -0.25) is 14.4 Å². The molecule has 0 spiro atoms. The number of fused-ring (bicyclic) bond motifs is 2. The van der Waals surface area contributed by atoms with Crippen LogP contribution in [0.15, 0.2) is 54.7 Å². The number of ether oxygens (including phenoxy) is 1. The highest BCUT2D eigenvalue weighted by Gasteiger charge is 2.25. The van der Waals surface area contributed by atoms with Crippen LogP contribution < -0.4 is 10.5 Å². The van der Waals surface area contributed by atoms with Gasteiger partial charge in [0, 0.05) is 27.7 Å². The zero-order valence-corrected chi connectivity index (χ0v) is 19.7. The van der Waals surface area contributed by atoms with E-state index in [1.54, 1.807) is 41.1 Å². The number of primary amides is 1. The maximum atomic E-state index is 13.2. The van der Waals surface area contributed by atoms with Crippen LogP contribution in [0, 0.1) is 0 Å². The van der Waals surface area contributed by atoms with Crippen LogP contribution >= 0.6 is 24.2 Å². The van der Waals surface area contributed by atoms with E-state index in [4.69, 9.17) is 22.1 Å². The average Bonchev–Trinajstić information content (AvgIpc) is 3.59. The number of ketones is 1. The molecule has 0 unspecified atom stereocenters. The van der Waals surface area contributed by atoms with Gasteiger partial charge in [0.05, 0.1) is 12.1 Å². The lowest BCUT2D eigenvalue weighted by Gasteiger charge is -2.11. The Morgan fingerprint density at radius 2 is 1.82 bits per heavy atom. The molecule has 1 fully saturated rings. The average molecular weight is 493 g/mol. The normalized spacial score (nSPS) is 13.4. The summed E-state index contributed by atoms with van der Waals surface area (Å²) < 4.78 is 7.54. The van der Waals surface area contributed by atoms with E-state index in [-0.39, 0.29) is 35.4 Å². The smallest absolute Gasteiger partial charge is 0.252 e. The second-order valence-electron chi connectivity index (χ2n) is 8.53. The second kappa shape index (κ2) is 8.81. The van der Waals surface area contributed by atoms with Gasteiger partial charge < -0.3 is 15.0 Å². The van der Waals surface area contributed by atoms with Crippen LogP contribution in [0.2, 0.25) is 5.02 Å². The molecule has 1 amide bonds. The topological polar surface area (TPSA) is 91.4 Å². The fourth-order valence-corrected chi connectivity index (χ4v) is 4.59. The molecule has 4 aromatic rings. The molecule has 0 bridgehead atoms. The Kier molecular flexibility index (Phi) is 5.83. The molecule has 2 N–H and O–H groups in total. The van der Waals surface area contributed by atoms with Crippen LogP contribution in [-0.2, 0) is 11.3 Å². The lowest BCUT2D eigenvalue weighted by atomic mass is 10.0. The molecular formula is C26H21ClN2O4S. The van der Waals surface area contributed by atoms with Crippen LogP contribution in [0.4, 0.5) is 0 Å². The Morgan fingerprint density at radius 3 is 2.53 bits per heavy atom. The van der Waals surface area contributed by atoms with E-state index >= 15 is 0 Å². The number of rotatable bonds is 8. The third-order valence-electron chi connectivity index (χ3n) is 6.09. The van der Waals surface area contributed by atoms with Gasteiger partial charge in [-0.2, -0.15) is 0 Å². The molecule has 1 aliphatic carbocycles. The predicted octanol–water partition coefficient (Wildman–Crippen LogP) is 5.14. The van der Waals surface area contributed by atoms with Gasteiger partial charge in [0.25, 0.3) is 5.91 Å². The molecule has 0 radical (unpaired) electrons. The zero-order chi connectivity index (χ0) is 24.0. The first kappa shape index (κ1) is 22.5. The molecular weight excluding hydrogens is 472 g/mol. The maximum absolute atomic E-state index is 13.2. The van der Waals surface area contributed by atoms with E-state index in [0.29, 0.717) is 16.5 Å². The molecule has 0 aliphatic heterocycles. The number of benzene rings is 3. The van der Waals surface area contributed by atoms with Crippen molar-refractivity contribution in [1.29, 1.82) is 0 Å². The lowest BCUT2D eigenvalue weighted by Crippen LogP contribution is -2.16. The van der Waals surface area contributed by atoms with Gasteiger partial charge in [0.2, 0.25) is 10.9 Å². The van der Waals surface area contributed by atoms with Crippen molar-refractivity contribution in [3.63, 3.8) is 0 Å². The summed E-state index contributed by atoms with van der Waals surface area (Å²) >= 11 is 9.96. The molecule has 1 heterocycles. The SMILES string of the molecule is NC(=O)c1cc2cc(Cl)ccc2cc1OCC(=O)c1cn(CC(=O)S)c2cc(C3CC3)ccc12. The Bertz CT molecular complexity index is 1490. The molecule has 8 heteroatoms. The Morgan fingerprint density at radius 1 is 1.03 bits per heavy atom. The van der Waals surface area contributed by atoms with Crippen molar-refractivity contribution in [2.75, 3.05) is 6.61 Å². The highest BCUT2D eigenvalue weighted by molar-refractivity contribution is 7.96. The Labute approximate surface area is 206 Å². The number of thiol groups is 1. The van der Waals surface area contributed by atoms with Crippen molar-refractivity contribution in [3.05, 3.63) is 76.4 Å². The number of amides is 1. The maximum Gasteiger partial charge on any atom is 0.252 e. The van der Waals surface area contributed by atoms with Crippen molar-refractivity contribution in [2.45, 2.75) is 25.3 Å². The molecule has 0 atom stereocenters. The van der Waals surface area contributed by atoms with E-state index in [2.05, 4.69) is 12.6 Å². The third kappa shape index (κ3) is 4.41. The van der Waals surface area contributed by atoms with Gasteiger partial charge in [-0.25, -0.2) is 0 Å². The fourth-order valence-electron chi connectivity index (χ4n) is 4.26. The molecule has 1 aliphatic rings. The minimum Gasteiger partial charge on any atom is -0.485 e. The highest BCUT2D eigenvalue weighted by Crippen LogP contribution is 2.41. The van der Waals surface area contributed by atoms with Gasteiger partial charge in [-0.15, -0.1) is 12.6 Å². The predicted molar refractivity (Wildman–Crippen MR) is 135 cm³/mol. The number of Topliss-reactive ketones (excluding diaryl/α,β-unsaturated/α-hetero) is 1. The Balaban J connectivity index is 1.46. The van der Waals surface area contributed by atoms with Gasteiger partial charge in [0.15, 0.2) is 6.61 Å². The largest absolute Gasteiger partial charge is 0.485 e. The van der Waals surface area contributed by atoms with Crippen molar-refractivity contribution < 1.29 is 19.1 Å². The van der Waals surface area contributed by atoms with E-state index in [9.17, 15) is 14.4 Å². The van der Waals surface area contributed by atoms with Crippen LogP contribution in [0.25, 0.3) is 21.7 Å². The monoisotopic (exact) mass is 492 g/mol. The van der Waals surface area contributed by atoms with Crippen LogP contribution in [-0.4, -0.2) is 28.0 Å². The summed E-state index contributed by atoms with van der Waals surface area (Å²) in [4.78, 5) is 36.9. The summed E-state index contributed by atoms with van der Waals surface area (Å²) in [6.45, 7) is -0.237. The minimum absolute atomic E-state index is 0.0565. The first-order chi connectivity index (χ1) is 16.3. The number of nitrogens with two attached hydrogens (primary N) is 1. The first-order valence-electron chi connectivity index (χ1n) is 10.8. The number of halogens is 1. The van der Waals surface area contributed by atoms with E-state index in [1.807, 2.05) is 18.2 Å². The minimum atomic E-state index is -0.666. The van der Waals surface area contributed by atoms with Crippen LogP contribution in [0.3, 0.4) is 0 Å². The lowest BCUT2D eigenvalue weighted by molar-refractivity contribution is -0.111.